The summed E-state index contributed by atoms with van der Waals surface area (Å²) >= 11 is 6.88. The zero-order valence-electron chi connectivity index (χ0n) is 9.88. The Hall–Kier alpha value is -1.87. The predicted octanol–water partition coefficient (Wildman–Crippen LogP) is 0.0718. The number of aryl methyl sites for hydroxylation is 1. The van der Waals surface area contributed by atoms with Crippen LogP contribution < -0.4 is 15.9 Å². The molecule has 0 radical (unpaired) electrons. The van der Waals surface area contributed by atoms with Crippen LogP contribution in [0.25, 0.3) is 0 Å². The van der Waals surface area contributed by atoms with Gasteiger partial charge in [-0.25, -0.2) is 9.97 Å². The highest BCUT2D eigenvalue weighted by Gasteiger charge is 2.14. The van der Waals surface area contributed by atoms with Crippen molar-refractivity contribution in [3.8, 4) is 5.75 Å². The van der Waals surface area contributed by atoms with Gasteiger partial charge in [0.25, 0.3) is 0 Å². The number of methoxy groups -OCH3 is 1. The van der Waals surface area contributed by atoms with E-state index in [0.717, 1.165) is 11.8 Å². The van der Waals surface area contributed by atoms with Crippen molar-refractivity contribution in [3.63, 3.8) is 0 Å². The summed E-state index contributed by atoms with van der Waals surface area (Å²) in [4.78, 5) is 33.7. The number of hydrogen-bond acceptors (Lipinski definition) is 7. The normalized spacial score (nSPS) is 10.5. The van der Waals surface area contributed by atoms with Crippen molar-refractivity contribution in [2.75, 3.05) is 7.11 Å². The predicted molar refractivity (Wildman–Crippen MR) is 67.8 cm³/mol. The molecule has 2 rings (SSSR count). The van der Waals surface area contributed by atoms with Crippen LogP contribution in [-0.2, 0) is 7.05 Å². The molecule has 10 heteroatoms. The number of aromatic amines is 1. The molecule has 0 amide bonds. The summed E-state index contributed by atoms with van der Waals surface area (Å²) in [7, 11) is 2.97. The van der Waals surface area contributed by atoms with Gasteiger partial charge in [-0.3, -0.25) is 19.4 Å². The first-order valence-corrected chi connectivity index (χ1v) is 6.12. The van der Waals surface area contributed by atoms with E-state index in [1.165, 1.54) is 18.1 Å². The van der Waals surface area contributed by atoms with E-state index in [-0.39, 0.29) is 16.1 Å². The van der Waals surface area contributed by atoms with Gasteiger partial charge in [-0.15, -0.1) is 0 Å². The molecule has 0 aromatic carbocycles. The lowest BCUT2D eigenvalue weighted by Gasteiger charge is -2.08. The lowest BCUT2D eigenvalue weighted by molar-refractivity contribution is 0.398. The zero-order valence-corrected chi connectivity index (χ0v) is 11.4. The minimum absolute atomic E-state index is 0.148. The van der Waals surface area contributed by atoms with Gasteiger partial charge in [0.15, 0.2) is 21.1 Å². The molecule has 19 heavy (non-hydrogen) atoms. The smallest absolute Gasteiger partial charge is 0.339 e. The first-order chi connectivity index (χ1) is 9.02. The molecule has 0 aliphatic rings. The average molecular weight is 302 g/mol. The molecule has 0 saturated heterocycles. The number of ether oxygens (including phenoxy) is 1. The molecule has 8 nitrogen and oxygen atoms in total. The van der Waals surface area contributed by atoms with E-state index >= 15 is 0 Å². The molecule has 0 atom stereocenters. The maximum Gasteiger partial charge on any atom is 0.339 e. The van der Waals surface area contributed by atoms with Gasteiger partial charge in [0.1, 0.15) is 6.33 Å². The average Bonchev–Trinajstić information content (AvgIpc) is 2.36. The SMILES string of the molecule is COc1c(Cl)ncnc1Sc1nc(=O)c(=O)[nH]n1C. The van der Waals surface area contributed by atoms with Crippen molar-refractivity contribution in [2.24, 2.45) is 7.05 Å². The van der Waals surface area contributed by atoms with Crippen LogP contribution in [-0.4, -0.2) is 31.8 Å². The Morgan fingerprint density at radius 3 is 2.84 bits per heavy atom. The van der Waals surface area contributed by atoms with Crippen molar-refractivity contribution in [1.29, 1.82) is 0 Å². The summed E-state index contributed by atoms with van der Waals surface area (Å²) in [5.41, 5.74) is -1.67. The number of halogens is 1. The molecule has 100 valence electrons. The van der Waals surface area contributed by atoms with Crippen LogP contribution in [0.5, 0.6) is 5.75 Å². The Bertz CT molecular complexity index is 729. The van der Waals surface area contributed by atoms with E-state index in [1.54, 1.807) is 7.05 Å². The van der Waals surface area contributed by atoms with Crippen LogP contribution in [0.1, 0.15) is 0 Å². The molecule has 2 heterocycles. The summed E-state index contributed by atoms with van der Waals surface area (Å²) in [5, 5.41) is 3.11. The number of rotatable bonds is 3. The molecule has 0 aliphatic heterocycles. The van der Waals surface area contributed by atoms with Crippen molar-refractivity contribution >= 4 is 23.4 Å². The molecule has 0 bridgehead atoms. The van der Waals surface area contributed by atoms with E-state index < -0.39 is 11.1 Å². The summed E-state index contributed by atoms with van der Waals surface area (Å²) < 4.78 is 6.39. The topological polar surface area (TPSA) is 103 Å². The minimum Gasteiger partial charge on any atom is -0.491 e. The van der Waals surface area contributed by atoms with Crippen molar-refractivity contribution < 1.29 is 4.74 Å². The van der Waals surface area contributed by atoms with Crippen LogP contribution >= 0.6 is 23.4 Å². The fourth-order valence-corrected chi connectivity index (χ4v) is 2.34. The highest BCUT2D eigenvalue weighted by molar-refractivity contribution is 7.99. The van der Waals surface area contributed by atoms with E-state index in [0.29, 0.717) is 5.03 Å². The quantitative estimate of drug-likeness (QED) is 0.632. The monoisotopic (exact) mass is 301 g/mol. The van der Waals surface area contributed by atoms with Crippen molar-refractivity contribution in [1.82, 2.24) is 24.7 Å². The Morgan fingerprint density at radius 1 is 1.42 bits per heavy atom. The molecular weight excluding hydrogens is 294 g/mol. The molecule has 1 N–H and O–H groups in total. The molecule has 0 aliphatic carbocycles. The highest BCUT2D eigenvalue weighted by Crippen LogP contribution is 2.34. The second-order valence-electron chi connectivity index (χ2n) is 3.30. The summed E-state index contributed by atoms with van der Waals surface area (Å²) in [5.74, 6) is 0.273. The molecule has 2 aromatic heterocycles. The van der Waals surface area contributed by atoms with Crippen LogP contribution in [0.4, 0.5) is 0 Å². The molecule has 0 fully saturated rings. The fourth-order valence-electron chi connectivity index (χ4n) is 1.22. The Balaban J connectivity index is 2.48. The number of nitrogens with one attached hydrogen (secondary N) is 1. The van der Waals surface area contributed by atoms with Crippen molar-refractivity contribution in [2.45, 2.75) is 10.2 Å². The second-order valence-corrected chi connectivity index (χ2v) is 4.62. The first-order valence-electron chi connectivity index (χ1n) is 4.92. The molecular formula is C9H8ClN5O3S. The van der Waals surface area contributed by atoms with Crippen LogP contribution in [0, 0.1) is 0 Å². The molecule has 0 spiro atoms. The maximum absolute atomic E-state index is 11.2. The molecule has 2 aromatic rings. The number of hydrogen-bond donors (Lipinski definition) is 1. The van der Waals surface area contributed by atoms with Gasteiger partial charge in [-0.1, -0.05) is 11.6 Å². The van der Waals surface area contributed by atoms with Crippen LogP contribution in [0.2, 0.25) is 5.15 Å². The summed E-state index contributed by atoms with van der Waals surface area (Å²) in [6.45, 7) is 0. The van der Waals surface area contributed by atoms with Crippen LogP contribution in [0.15, 0.2) is 26.1 Å². The van der Waals surface area contributed by atoms with Gasteiger partial charge in [0, 0.05) is 7.05 Å². The lowest BCUT2D eigenvalue weighted by Crippen LogP contribution is -2.33. The molecule has 0 unspecified atom stereocenters. The van der Waals surface area contributed by atoms with Gasteiger partial charge in [0.05, 0.1) is 7.11 Å². The lowest BCUT2D eigenvalue weighted by atomic mass is 10.6. The maximum atomic E-state index is 11.2. The van der Waals surface area contributed by atoms with Crippen LogP contribution in [0.3, 0.4) is 0 Å². The molecule has 0 saturated carbocycles. The van der Waals surface area contributed by atoms with Gasteiger partial charge in [-0.2, -0.15) is 4.98 Å². The first kappa shape index (κ1) is 13.6. The number of nitrogens with zero attached hydrogens (tertiary/aromatic N) is 4. The third-order valence-electron chi connectivity index (χ3n) is 2.07. The zero-order chi connectivity index (χ0) is 14.0. The van der Waals surface area contributed by atoms with E-state index in [9.17, 15) is 9.59 Å². The van der Waals surface area contributed by atoms with Crippen molar-refractivity contribution in [3.05, 3.63) is 32.2 Å². The minimum atomic E-state index is -0.875. The summed E-state index contributed by atoms with van der Waals surface area (Å²) in [6, 6.07) is 0. The Kier molecular flexibility index (Phi) is 3.86. The third kappa shape index (κ3) is 2.76. The van der Waals surface area contributed by atoms with Gasteiger partial charge < -0.3 is 4.74 Å². The van der Waals surface area contributed by atoms with E-state index in [2.05, 4.69) is 20.1 Å². The fraction of sp³-hybridized carbons (Fsp3) is 0.222. The van der Waals surface area contributed by atoms with E-state index in [4.69, 9.17) is 16.3 Å². The Labute approximate surface area is 115 Å². The summed E-state index contributed by atoms with van der Waals surface area (Å²) in [6.07, 6.45) is 1.26. The number of aromatic nitrogens is 5. The van der Waals surface area contributed by atoms with E-state index in [1.807, 2.05) is 0 Å². The second kappa shape index (κ2) is 5.41. The third-order valence-corrected chi connectivity index (χ3v) is 3.37. The van der Waals surface area contributed by atoms with Gasteiger partial charge in [-0.05, 0) is 11.8 Å². The van der Waals surface area contributed by atoms with Gasteiger partial charge in [0.2, 0.25) is 0 Å². The standard InChI is InChI=1S/C9H8ClN5O3S/c1-15-9(13-6(16)7(17)14-15)19-8-4(18-2)5(10)11-3-12-8/h3H,1-2H3,(H,14,17). The number of H-pyrrole nitrogens is 1. The Morgan fingerprint density at radius 2 is 2.16 bits per heavy atom. The largest absolute Gasteiger partial charge is 0.491 e. The van der Waals surface area contributed by atoms with Gasteiger partial charge >= 0.3 is 11.1 Å². The highest BCUT2D eigenvalue weighted by atomic mass is 35.5.